The summed E-state index contributed by atoms with van der Waals surface area (Å²) < 4.78 is 14.0. The first-order chi connectivity index (χ1) is 9.55. The molecule has 20 heavy (non-hydrogen) atoms. The van der Waals surface area contributed by atoms with Crippen LogP contribution in [0, 0.1) is 11.7 Å². The summed E-state index contributed by atoms with van der Waals surface area (Å²) >= 11 is 0. The predicted molar refractivity (Wildman–Crippen MR) is 80.3 cm³/mol. The van der Waals surface area contributed by atoms with Crippen molar-refractivity contribution in [2.24, 2.45) is 5.92 Å². The number of nitrogens with zero attached hydrogens (tertiary/aromatic N) is 1. The molecule has 0 heterocycles. The molecule has 1 N–H and O–H groups in total. The molecule has 1 aromatic carbocycles. The zero-order valence-corrected chi connectivity index (χ0v) is 12.8. The third-order valence-electron chi connectivity index (χ3n) is 4.46. The van der Waals surface area contributed by atoms with Crippen molar-refractivity contribution in [2.45, 2.75) is 45.1 Å². The number of halogens is 1. The number of aryl methyl sites for hydroxylation is 1. The molecule has 0 aromatic heterocycles. The number of aliphatic hydroxyl groups excluding tert-OH is 1. The minimum absolute atomic E-state index is 0.215. The molecule has 0 spiro atoms. The summed E-state index contributed by atoms with van der Waals surface area (Å²) in [5.74, 6) is 0.952. The van der Waals surface area contributed by atoms with E-state index in [9.17, 15) is 9.50 Å². The number of hydrogen-bond acceptors (Lipinski definition) is 2. The van der Waals surface area contributed by atoms with Gasteiger partial charge in [-0.25, -0.2) is 4.39 Å². The van der Waals surface area contributed by atoms with Crippen LogP contribution in [0.2, 0.25) is 0 Å². The van der Waals surface area contributed by atoms with Gasteiger partial charge in [-0.05, 0) is 68.8 Å². The molecule has 0 amide bonds. The summed E-state index contributed by atoms with van der Waals surface area (Å²) in [7, 11) is 4.22. The van der Waals surface area contributed by atoms with E-state index in [0.29, 0.717) is 11.5 Å². The third kappa shape index (κ3) is 3.39. The van der Waals surface area contributed by atoms with Gasteiger partial charge in [0.2, 0.25) is 0 Å². The van der Waals surface area contributed by atoms with E-state index in [0.717, 1.165) is 31.7 Å². The monoisotopic (exact) mass is 279 g/mol. The molecule has 1 fully saturated rings. The van der Waals surface area contributed by atoms with Crippen LogP contribution in [-0.2, 0) is 13.0 Å². The molecule has 0 saturated heterocycles. The fraction of sp³-hybridized carbons (Fsp3) is 0.647. The lowest BCUT2D eigenvalue weighted by Crippen LogP contribution is -2.19. The molecule has 1 aliphatic carbocycles. The van der Waals surface area contributed by atoms with Gasteiger partial charge in [-0.1, -0.05) is 13.0 Å². The predicted octanol–water partition coefficient (Wildman–Crippen LogP) is 3.33. The number of benzene rings is 1. The van der Waals surface area contributed by atoms with Crippen LogP contribution >= 0.6 is 0 Å². The molecule has 0 bridgehead atoms. The lowest BCUT2D eigenvalue weighted by Gasteiger charge is -2.18. The van der Waals surface area contributed by atoms with Crippen LogP contribution in [0.25, 0.3) is 0 Å². The second-order valence-corrected chi connectivity index (χ2v) is 6.29. The van der Waals surface area contributed by atoms with E-state index in [1.165, 1.54) is 17.5 Å². The second kappa shape index (κ2) is 6.68. The standard InChI is InChI=1S/C17H26FNO/c1-4-13-8-15(11-20)17(18)9-16(13)14-6-5-12(7-14)10-19(2)3/h8-9,12,14,20H,4-7,10-11H2,1-3H3. The molecular formula is C17H26FNO. The van der Waals surface area contributed by atoms with E-state index in [4.69, 9.17) is 0 Å². The maximum atomic E-state index is 14.0. The Bertz CT molecular complexity index is 459. The van der Waals surface area contributed by atoms with Gasteiger partial charge in [0.05, 0.1) is 6.61 Å². The van der Waals surface area contributed by atoms with Crippen molar-refractivity contribution in [3.8, 4) is 0 Å². The van der Waals surface area contributed by atoms with Crippen molar-refractivity contribution in [1.29, 1.82) is 0 Å². The normalized spacial score (nSPS) is 22.7. The Morgan fingerprint density at radius 2 is 2.00 bits per heavy atom. The quantitative estimate of drug-likeness (QED) is 0.893. The molecule has 3 heteroatoms. The van der Waals surface area contributed by atoms with Gasteiger partial charge in [0.15, 0.2) is 0 Å². The summed E-state index contributed by atoms with van der Waals surface area (Å²) in [6.07, 6.45) is 4.44. The van der Waals surface area contributed by atoms with Crippen LogP contribution in [0.4, 0.5) is 4.39 Å². The SMILES string of the molecule is CCc1cc(CO)c(F)cc1C1CCC(CN(C)C)C1. The molecule has 2 nitrogen and oxygen atoms in total. The van der Waals surface area contributed by atoms with Gasteiger partial charge in [0.25, 0.3) is 0 Å². The summed E-state index contributed by atoms with van der Waals surface area (Å²) in [6, 6.07) is 3.52. The Balaban J connectivity index is 2.19. The van der Waals surface area contributed by atoms with E-state index in [1.54, 1.807) is 6.07 Å². The highest BCUT2D eigenvalue weighted by Crippen LogP contribution is 2.40. The topological polar surface area (TPSA) is 23.5 Å². The first kappa shape index (κ1) is 15.5. The first-order valence-electron chi connectivity index (χ1n) is 7.61. The van der Waals surface area contributed by atoms with Crippen molar-refractivity contribution in [2.75, 3.05) is 20.6 Å². The summed E-state index contributed by atoms with van der Waals surface area (Å²) in [5.41, 5.74) is 2.79. The van der Waals surface area contributed by atoms with Crippen molar-refractivity contribution in [3.05, 3.63) is 34.6 Å². The molecule has 112 valence electrons. The molecule has 2 rings (SSSR count). The fourth-order valence-electron chi connectivity index (χ4n) is 3.53. The minimum atomic E-state index is -0.254. The molecule has 0 radical (unpaired) electrons. The lowest BCUT2D eigenvalue weighted by molar-refractivity contribution is 0.275. The van der Waals surface area contributed by atoms with E-state index >= 15 is 0 Å². The first-order valence-corrected chi connectivity index (χ1v) is 7.61. The van der Waals surface area contributed by atoms with Crippen LogP contribution in [0.5, 0.6) is 0 Å². The van der Waals surface area contributed by atoms with Gasteiger partial charge in [0.1, 0.15) is 5.82 Å². The van der Waals surface area contributed by atoms with Crippen molar-refractivity contribution < 1.29 is 9.50 Å². The Labute approximate surface area is 121 Å². The van der Waals surface area contributed by atoms with Crippen molar-refractivity contribution in [3.63, 3.8) is 0 Å². The zero-order valence-electron chi connectivity index (χ0n) is 12.8. The Hall–Kier alpha value is -0.930. The van der Waals surface area contributed by atoms with E-state index in [2.05, 4.69) is 25.9 Å². The lowest BCUT2D eigenvalue weighted by atomic mass is 9.89. The maximum Gasteiger partial charge on any atom is 0.129 e. The summed E-state index contributed by atoms with van der Waals surface area (Å²) in [6.45, 7) is 3.01. The van der Waals surface area contributed by atoms with E-state index in [1.807, 2.05) is 6.07 Å². The number of rotatable bonds is 5. The highest BCUT2D eigenvalue weighted by Gasteiger charge is 2.28. The molecule has 2 unspecified atom stereocenters. The highest BCUT2D eigenvalue weighted by atomic mass is 19.1. The highest BCUT2D eigenvalue weighted by molar-refractivity contribution is 5.36. The Morgan fingerprint density at radius 3 is 2.60 bits per heavy atom. The Morgan fingerprint density at radius 1 is 1.25 bits per heavy atom. The molecule has 2 atom stereocenters. The maximum absolute atomic E-state index is 14.0. The van der Waals surface area contributed by atoms with Crippen LogP contribution in [0.3, 0.4) is 0 Å². The number of aliphatic hydroxyl groups is 1. The fourth-order valence-corrected chi connectivity index (χ4v) is 3.53. The van der Waals surface area contributed by atoms with Crippen molar-refractivity contribution >= 4 is 0 Å². The van der Waals surface area contributed by atoms with Gasteiger partial charge in [0, 0.05) is 12.1 Å². The third-order valence-corrected chi connectivity index (χ3v) is 4.46. The van der Waals surface area contributed by atoms with Crippen LogP contribution in [0.15, 0.2) is 12.1 Å². The smallest absolute Gasteiger partial charge is 0.129 e. The van der Waals surface area contributed by atoms with Crippen molar-refractivity contribution in [1.82, 2.24) is 4.90 Å². The molecule has 1 aromatic rings. The minimum Gasteiger partial charge on any atom is -0.392 e. The van der Waals surface area contributed by atoms with Gasteiger partial charge in [-0.2, -0.15) is 0 Å². The Kier molecular flexibility index (Phi) is 5.17. The van der Waals surface area contributed by atoms with Gasteiger partial charge < -0.3 is 10.0 Å². The number of hydrogen-bond donors (Lipinski definition) is 1. The summed E-state index contributed by atoms with van der Waals surface area (Å²) in [5, 5.41) is 9.19. The van der Waals surface area contributed by atoms with Crippen LogP contribution < -0.4 is 0 Å². The van der Waals surface area contributed by atoms with Gasteiger partial charge >= 0.3 is 0 Å². The molecule has 0 aliphatic heterocycles. The second-order valence-electron chi connectivity index (χ2n) is 6.29. The molecule has 1 aliphatic rings. The summed E-state index contributed by atoms with van der Waals surface area (Å²) in [4.78, 5) is 2.24. The molecule has 1 saturated carbocycles. The van der Waals surface area contributed by atoms with E-state index in [-0.39, 0.29) is 12.4 Å². The van der Waals surface area contributed by atoms with Crippen LogP contribution in [0.1, 0.15) is 48.8 Å². The average molecular weight is 279 g/mol. The van der Waals surface area contributed by atoms with Crippen LogP contribution in [-0.4, -0.2) is 30.6 Å². The molecular weight excluding hydrogens is 253 g/mol. The average Bonchev–Trinajstić information content (AvgIpc) is 2.85. The van der Waals surface area contributed by atoms with E-state index < -0.39 is 0 Å². The van der Waals surface area contributed by atoms with Gasteiger partial charge in [-0.15, -0.1) is 0 Å². The largest absolute Gasteiger partial charge is 0.392 e. The zero-order chi connectivity index (χ0) is 14.7. The van der Waals surface area contributed by atoms with Gasteiger partial charge in [-0.3, -0.25) is 0 Å².